The zero-order valence-electron chi connectivity index (χ0n) is 16.4. The van der Waals surface area contributed by atoms with Crippen molar-refractivity contribution in [3.63, 3.8) is 0 Å². The van der Waals surface area contributed by atoms with Gasteiger partial charge in [-0.25, -0.2) is 16.8 Å². The molecule has 3 rings (SSSR count). The predicted octanol–water partition coefficient (Wildman–Crippen LogP) is 2.72. The first-order valence-corrected chi connectivity index (χ1v) is 12.4. The van der Waals surface area contributed by atoms with Gasteiger partial charge in [-0.1, -0.05) is 0 Å². The van der Waals surface area contributed by atoms with Crippen molar-refractivity contribution in [2.45, 2.75) is 34.8 Å². The van der Waals surface area contributed by atoms with E-state index < -0.39 is 25.1 Å². The van der Waals surface area contributed by atoms with E-state index in [1.807, 2.05) is 6.92 Å². The van der Waals surface area contributed by atoms with Crippen molar-refractivity contribution in [3.05, 3.63) is 48.5 Å². The molecule has 7 nitrogen and oxygen atoms in total. The molecule has 0 spiro atoms. The lowest BCUT2D eigenvalue weighted by Crippen LogP contribution is -2.42. The molecule has 158 valence electrons. The molecule has 0 amide bonds. The lowest BCUT2D eigenvalue weighted by molar-refractivity contribution is 0.339. The van der Waals surface area contributed by atoms with Crippen LogP contribution in [0.1, 0.15) is 19.8 Å². The second-order valence-corrected chi connectivity index (χ2v) is 10.9. The second-order valence-electron chi connectivity index (χ2n) is 6.73. The summed E-state index contributed by atoms with van der Waals surface area (Å²) in [4.78, 5) is 0.406. The molecule has 2 aromatic rings. The van der Waals surface area contributed by atoms with Crippen molar-refractivity contribution in [1.82, 2.24) is 4.31 Å². The number of ether oxygens (including phenoxy) is 2. The fraction of sp³-hybridized carbons (Fsp3) is 0.400. The van der Waals surface area contributed by atoms with Gasteiger partial charge in [0.05, 0.1) is 28.8 Å². The van der Waals surface area contributed by atoms with Crippen LogP contribution < -0.4 is 9.47 Å². The number of hydrogen-bond donors (Lipinski definition) is 0. The maximum atomic E-state index is 12.9. The Morgan fingerprint density at radius 3 is 1.90 bits per heavy atom. The summed E-state index contributed by atoms with van der Waals surface area (Å²) in [7, 11) is -5.68. The first-order chi connectivity index (χ1) is 13.8. The van der Waals surface area contributed by atoms with Gasteiger partial charge in [0.1, 0.15) is 11.5 Å². The summed E-state index contributed by atoms with van der Waals surface area (Å²) in [6, 6.07) is 12.5. The molecule has 1 fully saturated rings. The zero-order valence-corrected chi connectivity index (χ0v) is 18.1. The molecule has 0 aromatic heterocycles. The second kappa shape index (κ2) is 8.73. The largest absolute Gasteiger partial charge is 0.497 e. The van der Waals surface area contributed by atoms with Crippen LogP contribution >= 0.6 is 0 Å². The molecular weight excluding hydrogens is 414 g/mol. The number of piperidine rings is 1. The Morgan fingerprint density at radius 1 is 0.862 bits per heavy atom. The summed E-state index contributed by atoms with van der Waals surface area (Å²) in [5, 5.41) is -0.609. The van der Waals surface area contributed by atoms with E-state index in [9.17, 15) is 16.8 Å². The van der Waals surface area contributed by atoms with Crippen LogP contribution in [0.5, 0.6) is 11.5 Å². The number of benzene rings is 2. The van der Waals surface area contributed by atoms with E-state index >= 15 is 0 Å². The summed E-state index contributed by atoms with van der Waals surface area (Å²) in [5.74, 6) is 1.19. The molecule has 0 atom stereocenters. The molecule has 29 heavy (non-hydrogen) atoms. The molecule has 0 N–H and O–H groups in total. The van der Waals surface area contributed by atoms with Crippen LogP contribution in [0.2, 0.25) is 0 Å². The SMILES string of the molecule is CCOc1ccc(S(=O)(=O)N2CCC(S(=O)(=O)c3ccc(OC)cc3)CC2)cc1. The first kappa shape index (κ1) is 21.6. The molecule has 0 radical (unpaired) electrons. The minimum absolute atomic E-state index is 0.162. The lowest BCUT2D eigenvalue weighted by Gasteiger charge is -2.31. The first-order valence-electron chi connectivity index (χ1n) is 9.40. The Kier molecular flexibility index (Phi) is 6.50. The summed E-state index contributed by atoms with van der Waals surface area (Å²) in [6.07, 6.45) is 0.509. The van der Waals surface area contributed by atoms with E-state index in [-0.39, 0.29) is 35.7 Å². The minimum Gasteiger partial charge on any atom is -0.497 e. The lowest BCUT2D eigenvalue weighted by atomic mass is 10.2. The van der Waals surface area contributed by atoms with Crippen LogP contribution in [0.15, 0.2) is 58.3 Å². The molecule has 0 saturated carbocycles. The highest BCUT2D eigenvalue weighted by atomic mass is 32.2. The predicted molar refractivity (Wildman–Crippen MR) is 110 cm³/mol. The number of methoxy groups -OCH3 is 1. The van der Waals surface area contributed by atoms with Crippen molar-refractivity contribution >= 4 is 19.9 Å². The van der Waals surface area contributed by atoms with Crippen molar-refractivity contribution in [3.8, 4) is 11.5 Å². The van der Waals surface area contributed by atoms with Crippen LogP contribution in [-0.4, -0.2) is 53.2 Å². The smallest absolute Gasteiger partial charge is 0.243 e. The monoisotopic (exact) mass is 439 g/mol. The number of sulfone groups is 1. The Morgan fingerprint density at radius 2 is 1.38 bits per heavy atom. The number of nitrogens with zero attached hydrogens (tertiary/aromatic N) is 1. The Balaban J connectivity index is 1.70. The van der Waals surface area contributed by atoms with Crippen molar-refractivity contribution < 1.29 is 26.3 Å². The van der Waals surface area contributed by atoms with Gasteiger partial charge in [0.2, 0.25) is 10.0 Å². The fourth-order valence-corrected chi connectivity index (χ4v) is 6.57. The van der Waals surface area contributed by atoms with E-state index in [1.54, 1.807) is 24.3 Å². The highest BCUT2D eigenvalue weighted by Crippen LogP contribution is 2.29. The molecule has 1 aliphatic heterocycles. The van der Waals surface area contributed by atoms with Crippen LogP contribution in [0.25, 0.3) is 0 Å². The van der Waals surface area contributed by atoms with E-state index in [2.05, 4.69) is 0 Å². The molecule has 9 heteroatoms. The molecule has 0 unspecified atom stereocenters. The van der Waals surface area contributed by atoms with Gasteiger partial charge in [-0.2, -0.15) is 4.31 Å². The molecule has 1 heterocycles. The van der Waals surface area contributed by atoms with E-state index in [0.29, 0.717) is 18.1 Å². The van der Waals surface area contributed by atoms with Crippen molar-refractivity contribution in [1.29, 1.82) is 0 Å². The van der Waals surface area contributed by atoms with Crippen LogP contribution in [-0.2, 0) is 19.9 Å². The molecule has 1 saturated heterocycles. The number of rotatable bonds is 7. The average molecular weight is 440 g/mol. The topological polar surface area (TPSA) is 90.0 Å². The summed E-state index contributed by atoms with van der Waals surface area (Å²) in [6.45, 7) is 2.68. The molecule has 0 aliphatic carbocycles. The summed E-state index contributed by atoms with van der Waals surface area (Å²) >= 11 is 0. The summed E-state index contributed by atoms with van der Waals surface area (Å²) < 4.78 is 63.3. The minimum atomic E-state index is -3.67. The fourth-order valence-electron chi connectivity index (χ4n) is 3.36. The van der Waals surface area contributed by atoms with E-state index in [0.717, 1.165) is 0 Å². The van der Waals surface area contributed by atoms with E-state index in [1.165, 1.54) is 35.7 Å². The van der Waals surface area contributed by atoms with Gasteiger partial charge in [-0.05, 0) is 68.3 Å². The molecule has 0 bridgehead atoms. The maximum Gasteiger partial charge on any atom is 0.243 e. The van der Waals surface area contributed by atoms with Crippen molar-refractivity contribution in [2.75, 3.05) is 26.8 Å². The van der Waals surface area contributed by atoms with Gasteiger partial charge in [0.25, 0.3) is 0 Å². The average Bonchev–Trinajstić information content (AvgIpc) is 2.74. The van der Waals surface area contributed by atoms with Crippen LogP contribution in [0.4, 0.5) is 0 Å². The normalized spacial score (nSPS) is 16.5. The van der Waals surface area contributed by atoms with Gasteiger partial charge in [-0.3, -0.25) is 0 Å². The van der Waals surface area contributed by atoms with Gasteiger partial charge in [0, 0.05) is 13.1 Å². The highest BCUT2D eigenvalue weighted by molar-refractivity contribution is 7.92. The van der Waals surface area contributed by atoms with Crippen molar-refractivity contribution in [2.24, 2.45) is 0 Å². The third-order valence-corrected chi connectivity index (χ3v) is 9.19. The third-order valence-electron chi connectivity index (χ3n) is 5.00. The van der Waals surface area contributed by atoms with Gasteiger partial charge < -0.3 is 9.47 Å². The maximum absolute atomic E-state index is 12.9. The Hall–Kier alpha value is -2.10. The number of sulfonamides is 1. The van der Waals surface area contributed by atoms with Crippen LogP contribution in [0.3, 0.4) is 0 Å². The Labute approximate surface area is 172 Å². The number of hydrogen-bond acceptors (Lipinski definition) is 6. The van der Waals surface area contributed by atoms with E-state index in [4.69, 9.17) is 9.47 Å². The highest BCUT2D eigenvalue weighted by Gasteiger charge is 2.35. The molecular formula is C20H25NO6S2. The van der Waals surface area contributed by atoms with Gasteiger partial charge in [0.15, 0.2) is 9.84 Å². The van der Waals surface area contributed by atoms with Crippen LogP contribution in [0, 0.1) is 0 Å². The molecule has 2 aromatic carbocycles. The molecule has 1 aliphatic rings. The third kappa shape index (κ3) is 4.57. The van der Waals surface area contributed by atoms with Gasteiger partial charge in [-0.15, -0.1) is 0 Å². The standard InChI is InChI=1S/C20H25NO6S2/c1-3-27-17-6-10-20(11-7-17)29(24,25)21-14-12-19(13-15-21)28(22,23)18-8-4-16(26-2)5-9-18/h4-11,19H,3,12-15H2,1-2H3. The van der Waals surface area contributed by atoms with Gasteiger partial charge >= 0.3 is 0 Å². The summed E-state index contributed by atoms with van der Waals surface area (Å²) in [5.41, 5.74) is 0. The zero-order chi connectivity index (χ0) is 21.1. The quantitative estimate of drug-likeness (QED) is 0.659. The Bertz CT molecular complexity index is 1020.